The maximum absolute atomic E-state index is 11.1. The second-order valence-corrected chi connectivity index (χ2v) is 7.63. The molecule has 2 N–H and O–H groups in total. The first-order valence-corrected chi connectivity index (χ1v) is 9.46. The number of aromatic amines is 1. The van der Waals surface area contributed by atoms with Gasteiger partial charge in [0, 0.05) is 33.1 Å². The number of nitrogens with zero attached hydrogens (tertiary/aromatic N) is 2. The van der Waals surface area contributed by atoms with Crippen molar-refractivity contribution in [3.05, 3.63) is 60.4 Å². The number of aliphatic imine (C=N–C) groups is 1. The fourth-order valence-corrected chi connectivity index (χ4v) is 4.56. The summed E-state index contributed by atoms with van der Waals surface area (Å²) >= 11 is 1.76. The second kappa shape index (κ2) is 6.17. The largest absolute Gasteiger partial charge is 0.477 e. The van der Waals surface area contributed by atoms with E-state index < -0.39 is 5.97 Å². The van der Waals surface area contributed by atoms with Gasteiger partial charge in [-0.3, -0.25) is 10.1 Å². The molecular weight excluding hydrogens is 358 g/mol. The molecule has 5 rings (SSSR count). The summed E-state index contributed by atoms with van der Waals surface area (Å²) in [5, 5.41) is 18.7. The van der Waals surface area contributed by atoms with Crippen LogP contribution in [0.15, 0.2) is 59.9 Å². The number of aliphatic carboxylic acids is 1. The lowest BCUT2D eigenvalue weighted by Crippen LogP contribution is -2.14. The van der Waals surface area contributed by atoms with Gasteiger partial charge in [-0.15, -0.1) is 11.3 Å². The van der Waals surface area contributed by atoms with Crippen LogP contribution in [0.3, 0.4) is 0 Å². The van der Waals surface area contributed by atoms with Gasteiger partial charge in [0.25, 0.3) is 0 Å². The molecular formula is C21H15N3O2S. The number of fused-ring (bicyclic) bond motifs is 2. The van der Waals surface area contributed by atoms with Crippen molar-refractivity contribution in [2.45, 2.75) is 12.8 Å². The smallest absolute Gasteiger partial charge is 0.350 e. The summed E-state index contributed by atoms with van der Waals surface area (Å²) in [6.07, 6.45) is 4.62. The first-order chi connectivity index (χ1) is 13.2. The van der Waals surface area contributed by atoms with E-state index in [1.807, 2.05) is 12.3 Å². The third kappa shape index (κ3) is 2.74. The van der Waals surface area contributed by atoms with Crippen molar-refractivity contribution < 1.29 is 9.90 Å². The van der Waals surface area contributed by atoms with Crippen LogP contribution in [0.25, 0.3) is 37.0 Å². The Hall–Kier alpha value is -3.25. The highest BCUT2D eigenvalue weighted by atomic mass is 32.1. The molecule has 132 valence electrons. The van der Waals surface area contributed by atoms with Gasteiger partial charge in [0.1, 0.15) is 5.71 Å². The monoisotopic (exact) mass is 373 g/mol. The van der Waals surface area contributed by atoms with E-state index in [2.05, 4.69) is 51.6 Å². The summed E-state index contributed by atoms with van der Waals surface area (Å²) in [6, 6.07) is 14.8. The number of aromatic nitrogens is 2. The molecule has 0 atom stereocenters. The molecule has 4 aromatic rings. The zero-order valence-corrected chi connectivity index (χ0v) is 15.1. The molecule has 0 saturated carbocycles. The molecule has 0 bridgehead atoms. The van der Waals surface area contributed by atoms with E-state index in [-0.39, 0.29) is 5.71 Å². The van der Waals surface area contributed by atoms with E-state index >= 15 is 0 Å². The first kappa shape index (κ1) is 16.0. The molecule has 0 unspecified atom stereocenters. The highest BCUT2D eigenvalue weighted by molar-refractivity contribution is 7.22. The Balaban J connectivity index is 1.67. The maximum atomic E-state index is 11.1. The summed E-state index contributed by atoms with van der Waals surface area (Å²) in [7, 11) is 0. The number of nitrogens with one attached hydrogen (secondary N) is 1. The van der Waals surface area contributed by atoms with E-state index in [0.29, 0.717) is 12.8 Å². The van der Waals surface area contributed by atoms with Crippen LogP contribution in [0.4, 0.5) is 0 Å². The Bertz CT molecular complexity index is 1230. The van der Waals surface area contributed by atoms with Crippen molar-refractivity contribution >= 4 is 49.6 Å². The number of H-pyrrole nitrogens is 1. The molecule has 0 radical (unpaired) electrons. The molecule has 1 aliphatic rings. The van der Waals surface area contributed by atoms with Crippen LogP contribution in [0.5, 0.6) is 0 Å². The Kier molecular flexibility index (Phi) is 3.65. The normalized spacial score (nSPS) is 14.4. The van der Waals surface area contributed by atoms with Crippen molar-refractivity contribution in [1.29, 1.82) is 0 Å². The van der Waals surface area contributed by atoms with E-state index in [1.165, 1.54) is 15.0 Å². The fraction of sp³-hybridized carbons (Fsp3) is 0.0952. The zero-order valence-electron chi connectivity index (χ0n) is 14.3. The number of hydrogen-bond donors (Lipinski definition) is 2. The van der Waals surface area contributed by atoms with Crippen molar-refractivity contribution in [2.24, 2.45) is 4.99 Å². The summed E-state index contributed by atoms with van der Waals surface area (Å²) in [5.74, 6) is -0.943. The second-order valence-electron chi connectivity index (χ2n) is 6.54. The molecule has 0 saturated heterocycles. The average molecular weight is 373 g/mol. The molecule has 2 aromatic heterocycles. The van der Waals surface area contributed by atoms with Crippen LogP contribution < -0.4 is 0 Å². The highest BCUT2D eigenvalue weighted by Gasteiger charge is 2.17. The molecule has 0 spiro atoms. The molecule has 6 heteroatoms. The van der Waals surface area contributed by atoms with Gasteiger partial charge in [0.05, 0.1) is 11.7 Å². The fourth-order valence-electron chi connectivity index (χ4n) is 3.47. The minimum absolute atomic E-state index is 0.216. The Morgan fingerprint density at radius 3 is 2.78 bits per heavy atom. The molecule has 0 aliphatic carbocycles. The third-order valence-corrected chi connectivity index (χ3v) is 6.01. The zero-order chi connectivity index (χ0) is 18.4. The van der Waals surface area contributed by atoms with Crippen LogP contribution in [-0.4, -0.2) is 27.0 Å². The number of rotatable bonds is 3. The predicted molar refractivity (Wildman–Crippen MR) is 109 cm³/mol. The summed E-state index contributed by atoms with van der Waals surface area (Å²) in [5.41, 5.74) is 4.44. The Labute approximate surface area is 158 Å². The highest BCUT2D eigenvalue weighted by Crippen LogP contribution is 2.39. The van der Waals surface area contributed by atoms with Gasteiger partial charge in [-0.2, -0.15) is 5.10 Å². The third-order valence-electron chi connectivity index (χ3n) is 4.86. The minimum Gasteiger partial charge on any atom is -0.477 e. The summed E-state index contributed by atoms with van der Waals surface area (Å²) < 4.78 is 1.25. The van der Waals surface area contributed by atoms with E-state index in [4.69, 9.17) is 5.11 Å². The SMILES string of the molecule is O=C(O)C1=NC=C(c2cc(-c3cc4ccccc4s3)c3[nH]ncc3c2)CC1. The molecule has 0 fully saturated rings. The predicted octanol–water partition coefficient (Wildman–Crippen LogP) is 5.10. The van der Waals surface area contributed by atoms with Crippen LogP contribution in [0.2, 0.25) is 0 Å². The van der Waals surface area contributed by atoms with Crippen LogP contribution in [0.1, 0.15) is 18.4 Å². The minimum atomic E-state index is -0.943. The molecule has 0 amide bonds. The number of carbonyl (C=O) groups is 1. The first-order valence-electron chi connectivity index (χ1n) is 8.64. The number of hydrogen-bond acceptors (Lipinski definition) is 4. The van der Waals surface area contributed by atoms with Crippen molar-refractivity contribution in [3.8, 4) is 10.4 Å². The summed E-state index contributed by atoms with van der Waals surface area (Å²) in [4.78, 5) is 16.4. The lowest BCUT2D eigenvalue weighted by molar-refractivity contribution is -0.129. The number of carboxylic acids is 1. The lowest BCUT2D eigenvalue weighted by atomic mass is 9.95. The molecule has 3 heterocycles. The maximum Gasteiger partial charge on any atom is 0.350 e. The van der Waals surface area contributed by atoms with Gasteiger partial charge in [0.2, 0.25) is 0 Å². The standard InChI is InChI=1S/C21H15N3O2S/c25-21(26)17-6-5-13(10-22-17)14-7-15-11-23-24-20(15)16(8-14)19-9-12-3-1-2-4-18(12)27-19/h1-4,7-11H,5-6H2,(H,23,24)(H,25,26). The summed E-state index contributed by atoms with van der Waals surface area (Å²) in [6.45, 7) is 0. The number of thiophene rings is 1. The van der Waals surface area contributed by atoms with Crippen molar-refractivity contribution in [3.63, 3.8) is 0 Å². The van der Waals surface area contributed by atoms with Gasteiger partial charge >= 0.3 is 5.97 Å². The Morgan fingerprint density at radius 2 is 2.00 bits per heavy atom. The number of benzene rings is 2. The topological polar surface area (TPSA) is 78.3 Å². The van der Waals surface area contributed by atoms with Gasteiger partial charge in [-0.05, 0) is 47.2 Å². The van der Waals surface area contributed by atoms with Crippen molar-refractivity contribution in [2.75, 3.05) is 0 Å². The molecule has 1 aliphatic heterocycles. The van der Waals surface area contributed by atoms with Crippen LogP contribution in [-0.2, 0) is 4.79 Å². The van der Waals surface area contributed by atoms with E-state index in [0.717, 1.165) is 27.6 Å². The van der Waals surface area contributed by atoms with Gasteiger partial charge < -0.3 is 5.11 Å². The van der Waals surface area contributed by atoms with E-state index in [9.17, 15) is 4.79 Å². The van der Waals surface area contributed by atoms with Crippen LogP contribution >= 0.6 is 11.3 Å². The Morgan fingerprint density at radius 1 is 1.11 bits per heavy atom. The quantitative estimate of drug-likeness (QED) is 0.524. The molecule has 27 heavy (non-hydrogen) atoms. The average Bonchev–Trinajstić information content (AvgIpc) is 3.33. The van der Waals surface area contributed by atoms with Crippen molar-refractivity contribution in [1.82, 2.24) is 10.2 Å². The molecule has 2 aromatic carbocycles. The number of carboxylic acid groups (broad SMARTS) is 1. The van der Waals surface area contributed by atoms with Gasteiger partial charge in [-0.1, -0.05) is 18.2 Å². The van der Waals surface area contributed by atoms with E-state index in [1.54, 1.807) is 17.5 Å². The van der Waals surface area contributed by atoms with Crippen LogP contribution in [0, 0.1) is 0 Å². The van der Waals surface area contributed by atoms with Gasteiger partial charge in [0.15, 0.2) is 0 Å². The van der Waals surface area contributed by atoms with Gasteiger partial charge in [-0.25, -0.2) is 4.79 Å². The number of allylic oxidation sites excluding steroid dienone is 1. The molecule has 5 nitrogen and oxygen atoms in total. The lowest BCUT2D eigenvalue weighted by Gasteiger charge is -2.13.